The Morgan fingerprint density at radius 2 is 1.54 bits per heavy atom. The molecule has 0 aromatic heterocycles. The summed E-state index contributed by atoms with van der Waals surface area (Å²) in [7, 11) is 1.58. The minimum atomic E-state index is -0.434. The van der Waals surface area contributed by atoms with E-state index in [1.54, 1.807) is 36.3 Å². The molecule has 0 radical (unpaired) electrons. The number of hydrogen-bond acceptors (Lipinski definition) is 4. The van der Waals surface area contributed by atoms with Crippen molar-refractivity contribution in [3.63, 3.8) is 0 Å². The number of rotatable bonds is 8. The first kappa shape index (κ1) is 24.1. The van der Waals surface area contributed by atoms with Crippen molar-refractivity contribution in [1.82, 2.24) is 0 Å². The third kappa shape index (κ3) is 5.40. The van der Waals surface area contributed by atoms with Crippen LogP contribution in [0.1, 0.15) is 30.5 Å². The Morgan fingerprint density at radius 3 is 2.11 bits per heavy atom. The van der Waals surface area contributed by atoms with Crippen molar-refractivity contribution in [2.45, 2.75) is 19.4 Å². The maximum Gasteiger partial charge on any atom is 0.302 e. The van der Waals surface area contributed by atoms with Crippen LogP contribution in [0.3, 0.4) is 0 Å². The minimum absolute atomic E-state index is 0.0107. The maximum absolute atomic E-state index is 13.5. The molecule has 0 aliphatic carbocycles. The van der Waals surface area contributed by atoms with Crippen LogP contribution in [-0.4, -0.2) is 25.6 Å². The summed E-state index contributed by atoms with van der Waals surface area (Å²) in [5.41, 5.74) is 2.91. The first-order chi connectivity index (χ1) is 16.9. The number of esters is 1. The molecule has 7 heteroatoms. The van der Waals surface area contributed by atoms with Gasteiger partial charge in [-0.1, -0.05) is 30.3 Å². The predicted octanol–water partition coefficient (Wildman–Crippen LogP) is 5.71. The van der Waals surface area contributed by atoms with Gasteiger partial charge in [0.2, 0.25) is 5.91 Å². The highest BCUT2D eigenvalue weighted by Gasteiger charge is 2.48. The molecule has 0 saturated carbocycles. The Kier molecular flexibility index (Phi) is 7.25. The molecule has 1 aliphatic rings. The van der Waals surface area contributed by atoms with Crippen LogP contribution in [0.5, 0.6) is 5.75 Å². The average molecular weight is 478 g/mol. The number of β-lactam (4-membered cyclic amide) rings is 1. The molecule has 180 valence electrons. The van der Waals surface area contributed by atoms with Gasteiger partial charge in [-0.2, -0.15) is 0 Å². The lowest BCUT2D eigenvalue weighted by Gasteiger charge is -2.47. The molecule has 4 rings (SSSR count). The van der Waals surface area contributed by atoms with Gasteiger partial charge in [-0.3, -0.25) is 9.59 Å². The summed E-state index contributed by atoms with van der Waals surface area (Å²) in [5, 5.41) is 0. The smallest absolute Gasteiger partial charge is 0.302 e. The van der Waals surface area contributed by atoms with Gasteiger partial charge in [0, 0.05) is 12.6 Å². The van der Waals surface area contributed by atoms with E-state index in [-0.39, 0.29) is 36.1 Å². The number of amides is 1. The lowest BCUT2D eigenvalue weighted by Crippen LogP contribution is -2.55. The lowest BCUT2D eigenvalue weighted by atomic mass is 9.79. The summed E-state index contributed by atoms with van der Waals surface area (Å²) in [4.78, 5) is 26.3. The number of halogens is 2. The summed E-state index contributed by atoms with van der Waals surface area (Å²) >= 11 is 0. The molecule has 35 heavy (non-hydrogen) atoms. The fourth-order valence-electron chi connectivity index (χ4n) is 4.22. The van der Waals surface area contributed by atoms with Crippen LogP contribution in [0, 0.1) is 17.6 Å². The lowest BCUT2D eigenvalue weighted by molar-refractivity contribution is -0.139. The van der Waals surface area contributed by atoms with Gasteiger partial charge in [0.05, 0.1) is 19.1 Å². The minimum Gasteiger partial charge on any atom is -0.497 e. The highest BCUT2D eigenvalue weighted by Crippen LogP contribution is 2.45. The van der Waals surface area contributed by atoms with E-state index in [9.17, 15) is 18.4 Å². The Morgan fingerprint density at radius 1 is 0.943 bits per heavy atom. The second kappa shape index (κ2) is 10.5. The second-order valence-electron chi connectivity index (χ2n) is 8.26. The zero-order valence-corrected chi connectivity index (χ0v) is 19.4. The Balaban J connectivity index is 1.65. The fourth-order valence-corrected chi connectivity index (χ4v) is 4.22. The van der Waals surface area contributed by atoms with Gasteiger partial charge in [-0.25, -0.2) is 8.78 Å². The van der Waals surface area contributed by atoms with Crippen LogP contribution in [0.25, 0.3) is 5.57 Å². The summed E-state index contributed by atoms with van der Waals surface area (Å²) in [5.74, 6) is -0.970. The number of methoxy groups -OCH3 is 1. The summed E-state index contributed by atoms with van der Waals surface area (Å²) in [6.07, 6.45) is 2.23. The molecule has 0 unspecified atom stereocenters. The Hall–Kier alpha value is -4.00. The van der Waals surface area contributed by atoms with Gasteiger partial charge in [-0.15, -0.1) is 0 Å². The van der Waals surface area contributed by atoms with Crippen LogP contribution >= 0.6 is 0 Å². The van der Waals surface area contributed by atoms with E-state index in [2.05, 4.69) is 0 Å². The van der Waals surface area contributed by atoms with Crippen LogP contribution < -0.4 is 9.64 Å². The molecule has 0 spiro atoms. The van der Waals surface area contributed by atoms with E-state index in [0.29, 0.717) is 29.0 Å². The summed E-state index contributed by atoms with van der Waals surface area (Å²) < 4.78 is 37.4. The second-order valence-corrected chi connectivity index (χ2v) is 8.26. The van der Waals surface area contributed by atoms with E-state index in [0.717, 1.165) is 5.56 Å². The molecule has 1 fully saturated rings. The standard InChI is InChI=1S/C28H25F2NO4/c1-18(32)35-17-21(19-3-8-22(29)9-4-19)7-16-26-27(20-5-14-25(34-2)15-6-20)31(28(26)33)24-12-10-23(30)11-13-24/h3-15,26-27H,16-17H2,1-2H3/b21-7-/t26-,27-/m1/s1. The highest BCUT2D eigenvalue weighted by molar-refractivity contribution is 6.03. The molecular weight excluding hydrogens is 452 g/mol. The number of nitrogens with zero attached hydrogens (tertiary/aromatic N) is 1. The number of benzene rings is 3. The van der Waals surface area contributed by atoms with Gasteiger partial charge in [-0.05, 0) is 71.7 Å². The van der Waals surface area contributed by atoms with Crippen molar-refractivity contribution in [1.29, 1.82) is 0 Å². The molecule has 3 aromatic carbocycles. The van der Waals surface area contributed by atoms with Crippen molar-refractivity contribution in [3.8, 4) is 5.75 Å². The van der Waals surface area contributed by atoms with Crippen molar-refractivity contribution >= 4 is 23.1 Å². The van der Waals surface area contributed by atoms with Gasteiger partial charge < -0.3 is 14.4 Å². The van der Waals surface area contributed by atoms with E-state index >= 15 is 0 Å². The van der Waals surface area contributed by atoms with E-state index in [1.807, 2.05) is 30.3 Å². The average Bonchev–Trinajstić information content (AvgIpc) is 2.86. The number of allylic oxidation sites excluding steroid dienone is 1. The number of anilines is 1. The topological polar surface area (TPSA) is 55.8 Å². The molecular formula is C28H25F2NO4. The van der Waals surface area contributed by atoms with Gasteiger partial charge in [0.25, 0.3) is 0 Å². The SMILES string of the molecule is COc1ccc([C@@H]2[C@@H](C/C=C(/COC(C)=O)c3ccc(F)cc3)C(=O)N2c2ccc(F)cc2)cc1. The van der Waals surface area contributed by atoms with Gasteiger partial charge >= 0.3 is 5.97 Å². The summed E-state index contributed by atoms with van der Waals surface area (Å²) in [6, 6.07) is 18.9. The Labute approximate surface area is 202 Å². The molecule has 5 nitrogen and oxygen atoms in total. The van der Waals surface area contributed by atoms with Gasteiger partial charge in [0.1, 0.15) is 24.0 Å². The van der Waals surface area contributed by atoms with E-state index < -0.39 is 5.97 Å². The van der Waals surface area contributed by atoms with Crippen LogP contribution in [0.15, 0.2) is 78.9 Å². The Bertz CT molecular complexity index is 1220. The number of hydrogen-bond donors (Lipinski definition) is 0. The molecule has 2 atom stereocenters. The zero-order chi connectivity index (χ0) is 24.9. The monoisotopic (exact) mass is 477 g/mol. The molecule has 1 saturated heterocycles. The molecule has 3 aromatic rings. The molecule has 1 heterocycles. The fraction of sp³-hybridized carbons (Fsp3) is 0.214. The van der Waals surface area contributed by atoms with Gasteiger partial charge in [0.15, 0.2) is 0 Å². The number of ether oxygens (including phenoxy) is 2. The van der Waals surface area contributed by atoms with Crippen molar-refractivity contribution in [3.05, 3.63) is 102 Å². The molecule has 0 N–H and O–H groups in total. The molecule has 1 amide bonds. The quantitative estimate of drug-likeness (QED) is 0.308. The molecule has 0 bridgehead atoms. The largest absolute Gasteiger partial charge is 0.497 e. The van der Waals surface area contributed by atoms with Crippen molar-refractivity contribution < 1.29 is 27.8 Å². The van der Waals surface area contributed by atoms with Crippen LogP contribution in [0.2, 0.25) is 0 Å². The zero-order valence-electron chi connectivity index (χ0n) is 19.4. The molecule has 1 aliphatic heterocycles. The normalized spacial score (nSPS) is 17.7. The predicted molar refractivity (Wildman–Crippen MR) is 129 cm³/mol. The summed E-state index contributed by atoms with van der Waals surface area (Å²) in [6.45, 7) is 1.33. The van der Waals surface area contributed by atoms with Crippen LogP contribution in [0.4, 0.5) is 14.5 Å². The third-order valence-electron chi connectivity index (χ3n) is 6.04. The van der Waals surface area contributed by atoms with Crippen molar-refractivity contribution in [2.75, 3.05) is 18.6 Å². The van der Waals surface area contributed by atoms with E-state index in [1.165, 1.54) is 31.2 Å². The van der Waals surface area contributed by atoms with Crippen LogP contribution in [-0.2, 0) is 14.3 Å². The van der Waals surface area contributed by atoms with E-state index in [4.69, 9.17) is 9.47 Å². The number of carbonyl (C=O) groups excluding carboxylic acids is 2. The van der Waals surface area contributed by atoms with Crippen molar-refractivity contribution in [2.24, 2.45) is 5.92 Å². The third-order valence-corrected chi connectivity index (χ3v) is 6.04. The first-order valence-corrected chi connectivity index (χ1v) is 11.2. The maximum atomic E-state index is 13.5. The first-order valence-electron chi connectivity index (χ1n) is 11.2. The highest BCUT2D eigenvalue weighted by atomic mass is 19.1. The number of carbonyl (C=O) groups is 2.